The number of carbonyl (C=O) groups excluding carboxylic acids is 1. The minimum Gasteiger partial charge on any atom is -0.344 e. The Morgan fingerprint density at radius 2 is 1.94 bits per heavy atom. The highest BCUT2D eigenvalue weighted by Crippen LogP contribution is 2.13. The Kier molecular flexibility index (Phi) is 4.10. The van der Waals surface area contributed by atoms with Gasteiger partial charge in [-0.2, -0.15) is 5.26 Å². The molecule has 0 unspecified atom stereocenters. The fraction of sp³-hybridized carbons (Fsp3) is 0.167. The number of carbonyl (C=O) groups is 1. The van der Waals surface area contributed by atoms with E-state index in [0.29, 0.717) is 5.02 Å². The summed E-state index contributed by atoms with van der Waals surface area (Å²) >= 11 is 5.73. The molecule has 1 rings (SSSR count). The molecule has 0 heterocycles. The van der Waals surface area contributed by atoms with Crippen LogP contribution < -0.4 is 0 Å². The van der Waals surface area contributed by atoms with E-state index in [1.54, 1.807) is 44.4 Å². The third-order valence-electron chi connectivity index (χ3n) is 1.94. The minimum atomic E-state index is -0.308. The van der Waals surface area contributed by atoms with Gasteiger partial charge in [-0.25, -0.2) is 0 Å². The minimum absolute atomic E-state index is 0.104. The van der Waals surface area contributed by atoms with Crippen LogP contribution in [0, 0.1) is 11.3 Å². The lowest BCUT2D eigenvalue weighted by atomic mass is 10.1. The summed E-state index contributed by atoms with van der Waals surface area (Å²) in [5, 5.41) is 9.49. The van der Waals surface area contributed by atoms with Crippen molar-refractivity contribution in [3.05, 3.63) is 40.4 Å². The molecular formula is C12H11ClN2O. The lowest BCUT2D eigenvalue weighted by Gasteiger charge is -2.08. The van der Waals surface area contributed by atoms with Crippen molar-refractivity contribution in [3.8, 4) is 6.07 Å². The van der Waals surface area contributed by atoms with Gasteiger partial charge in [-0.15, -0.1) is 0 Å². The third-order valence-corrected chi connectivity index (χ3v) is 2.19. The lowest BCUT2D eigenvalue weighted by molar-refractivity contribution is -0.124. The summed E-state index contributed by atoms with van der Waals surface area (Å²) in [6.45, 7) is 0. The molecule has 1 aromatic carbocycles. The number of nitrogens with zero attached hydrogens (tertiary/aromatic N) is 2. The Balaban J connectivity index is 3.02. The van der Waals surface area contributed by atoms with Gasteiger partial charge in [0.25, 0.3) is 5.91 Å². The molecule has 0 aliphatic carbocycles. The topological polar surface area (TPSA) is 44.1 Å². The lowest BCUT2D eigenvalue weighted by Crippen LogP contribution is -2.22. The van der Waals surface area contributed by atoms with Gasteiger partial charge in [-0.1, -0.05) is 23.7 Å². The Hall–Kier alpha value is -1.79. The van der Waals surface area contributed by atoms with E-state index in [1.165, 1.54) is 4.90 Å². The van der Waals surface area contributed by atoms with Crippen molar-refractivity contribution in [1.82, 2.24) is 4.90 Å². The summed E-state index contributed by atoms with van der Waals surface area (Å²) in [5.74, 6) is -0.308. The zero-order chi connectivity index (χ0) is 12.1. The van der Waals surface area contributed by atoms with E-state index in [1.807, 2.05) is 6.07 Å². The van der Waals surface area contributed by atoms with Gasteiger partial charge in [0.2, 0.25) is 0 Å². The number of nitriles is 1. The van der Waals surface area contributed by atoms with Crippen LogP contribution in [0.1, 0.15) is 5.56 Å². The van der Waals surface area contributed by atoms with Crippen molar-refractivity contribution in [1.29, 1.82) is 5.26 Å². The van der Waals surface area contributed by atoms with Crippen LogP contribution in [0.2, 0.25) is 5.02 Å². The van der Waals surface area contributed by atoms with Crippen LogP contribution in [0.4, 0.5) is 0 Å². The molecule has 0 aromatic heterocycles. The molecule has 0 saturated carbocycles. The summed E-state index contributed by atoms with van der Waals surface area (Å²) in [4.78, 5) is 12.9. The molecule has 1 amide bonds. The highest BCUT2D eigenvalue weighted by molar-refractivity contribution is 6.30. The van der Waals surface area contributed by atoms with Gasteiger partial charge in [-0.05, 0) is 23.8 Å². The molecule has 0 bridgehead atoms. The zero-order valence-electron chi connectivity index (χ0n) is 9.07. The monoisotopic (exact) mass is 234 g/mol. The average molecular weight is 235 g/mol. The molecule has 0 fully saturated rings. The fourth-order valence-electron chi connectivity index (χ4n) is 1.11. The first-order chi connectivity index (χ1) is 7.54. The van der Waals surface area contributed by atoms with Crippen LogP contribution in [0.15, 0.2) is 29.8 Å². The van der Waals surface area contributed by atoms with Crippen LogP contribution >= 0.6 is 11.6 Å². The van der Waals surface area contributed by atoms with Crippen molar-refractivity contribution in [2.45, 2.75) is 0 Å². The van der Waals surface area contributed by atoms with Crippen molar-refractivity contribution >= 4 is 23.6 Å². The molecule has 0 aliphatic rings. The smallest absolute Gasteiger partial charge is 0.264 e. The SMILES string of the molecule is CN(C)C(=O)C(C#N)=Cc1ccc(Cl)cc1. The number of likely N-dealkylation sites (N-methyl/N-ethyl adjacent to an activating group) is 1. The molecule has 0 spiro atoms. The fourth-order valence-corrected chi connectivity index (χ4v) is 1.23. The molecule has 16 heavy (non-hydrogen) atoms. The largest absolute Gasteiger partial charge is 0.344 e. The van der Waals surface area contributed by atoms with Gasteiger partial charge >= 0.3 is 0 Å². The maximum atomic E-state index is 11.6. The molecule has 4 heteroatoms. The number of hydrogen-bond donors (Lipinski definition) is 0. The number of hydrogen-bond acceptors (Lipinski definition) is 2. The summed E-state index contributed by atoms with van der Waals surface area (Å²) < 4.78 is 0. The Bertz CT molecular complexity index is 455. The Morgan fingerprint density at radius 1 is 1.38 bits per heavy atom. The van der Waals surface area contributed by atoms with Crippen molar-refractivity contribution in [2.24, 2.45) is 0 Å². The van der Waals surface area contributed by atoms with Gasteiger partial charge in [0.1, 0.15) is 11.6 Å². The van der Waals surface area contributed by atoms with Crippen molar-refractivity contribution < 1.29 is 4.79 Å². The van der Waals surface area contributed by atoms with Gasteiger partial charge in [0.05, 0.1) is 0 Å². The Morgan fingerprint density at radius 3 is 2.38 bits per heavy atom. The van der Waals surface area contributed by atoms with E-state index >= 15 is 0 Å². The first-order valence-electron chi connectivity index (χ1n) is 4.63. The second-order valence-corrected chi connectivity index (χ2v) is 3.86. The van der Waals surface area contributed by atoms with Gasteiger partial charge in [0.15, 0.2) is 0 Å². The second-order valence-electron chi connectivity index (χ2n) is 3.42. The maximum absolute atomic E-state index is 11.6. The van der Waals surface area contributed by atoms with Gasteiger partial charge < -0.3 is 4.90 Å². The third kappa shape index (κ3) is 3.11. The molecule has 3 nitrogen and oxygen atoms in total. The molecule has 0 N–H and O–H groups in total. The number of benzene rings is 1. The van der Waals surface area contributed by atoms with Gasteiger partial charge in [0, 0.05) is 19.1 Å². The van der Waals surface area contributed by atoms with Gasteiger partial charge in [-0.3, -0.25) is 4.79 Å². The number of halogens is 1. The number of amides is 1. The molecule has 0 radical (unpaired) electrons. The second kappa shape index (κ2) is 5.34. The van der Waals surface area contributed by atoms with Crippen molar-refractivity contribution in [2.75, 3.05) is 14.1 Å². The molecule has 82 valence electrons. The quantitative estimate of drug-likeness (QED) is 0.582. The summed E-state index contributed by atoms with van der Waals surface area (Å²) in [5.41, 5.74) is 0.878. The summed E-state index contributed by atoms with van der Waals surface area (Å²) in [6.07, 6.45) is 1.54. The van der Waals surface area contributed by atoms with E-state index in [-0.39, 0.29) is 11.5 Å². The first kappa shape index (κ1) is 12.3. The zero-order valence-corrected chi connectivity index (χ0v) is 9.82. The van der Waals surface area contributed by atoms with E-state index < -0.39 is 0 Å². The molecule has 1 aromatic rings. The highest BCUT2D eigenvalue weighted by atomic mass is 35.5. The van der Waals surface area contributed by atoms with Crippen molar-refractivity contribution in [3.63, 3.8) is 0 Å². The normalized spacial score (nSPS) is 10.8. The van der Waals surface area contributed by atoms with E-state index in [9.17, 15) is 4.79 Å². The predicted octanol–water partition coefficient (Wildman–Crippen LogP) is 2.34. The van der Waals surface area contributed by atoms with E-state index in [4.69, 9.17) is 16.9 Å². The standard InChI is InChI=1S/C12H11ClN2O/c1-15(2)12(16)10(8-14)7-9-3-5-11(13)6-4-9/h3-7H,1-2H3. The van der Waals surface area contributed by atoms with Crippen LogP contribution in [0.3, 0.4) is 0 Å². The average Bonchev–Trinajstić information content (AvgIpc) is 2.27. The Labute approximate surface area is 99.5 Å². The van der Waals surface area contributed by atoms with Crippen LogP contribution in [0.5, 0.6) is 0 Å². The number of rotatable bonds is 2. The summed E-state index contributed by atoms with van der Waals surface area (Å²) in [6, 6.07) is 8.81. The predicted molar refractivity (Wildman–Crippen MR) is 63.7 cm³/mol. The molecule has 0 aliphatic heterocycles. The van der Waals surface area contributed by atoms with Crippen LogP contribution in [-0.4, -0.2) is 24.9 Å². The molecule has 0 atom stereocenters. The maximum Gasteiger partial charge on any atom is 0.264 e. The van der Waals surface area contributed by atoms with E-state index in [0.717, 1.165) is 5.56 Å². The molecule has 0 saturated heterocycles. The molecular weight excluding hydrogens is 224 g/mol. The first-order valence-corrected chi connectivity index (χ1v) is 5.01. The van der Waals surface area contributed by atoms with E-state index in [2.05, 4.69) is 0 Å². The van der Waals surface area contributed by atoms with Crippen LogP contribution in [-0.2, 0) is 4.79 Å². The highest BCUT2D eigenvalue weighted by Gasteiger charge is 2.10. The van der Waals surface area contributed by atoms with Crippen LogP contribution in [0.25, 0.3) is 6.08 Å². The summed E-state index contributed by atoms with van der Waals surface area (Å²) in [7, 11) is 3.21.